The number of aryl methyl sites for hydroxylation is 1. The Bertz CT molecular complexity index is 433. The molecule has 1 fully saturated rings. The van der Waals surface area contributed by atoms with Gasteiger partial charge in [0.25, 0.3) is 0 Å². The Morgan fingerprint density at radius 1 is 1.45 bits per heavy atom. The molecule has 1 saturated heterocycles. The molecule has 6 nitrogen and oxygen atoms in total. The Kier molecular flexibility index (Phi) is 5.52. The predicted octanol–water partition coefficient (Wildman–Crippen LogP) is 1.94. The second-order valence-electron chi connectivity index (χ2n) is 5.09. The van der Waals surface area contributed by atoms with Gasteiger partial charge in [-0.25, -0.2) is 0 Å². The molecule has 0 aromatic carbocycles. The molecule has 112 valence electrons. The summed E-state index contributed by atoms with van der Waals surface area (Å²) in [7, 11) is 0. The fraction of sp³-hybridized carbons (Fsp3) is 0.786. The van der Waals surface area contributed by atoms with E-state index >= 15 is 0 Å². The van der Waals surface area contributed by atoms with E-state index in [4.69, 9.17) is 9.26 Å². The summed E-state index contributed by atoms with van der Waals surface area (Å²) in [5.41, 5.74) is 0. The topological polar surface area (TPSA) is 68.5 Å². The summed E-state index contributed by atoms with van der Waals surface area (Å²) in [5, 5.41) is 3.99. The fourth-order valence-electron chi connectivity index (χ4n) is 2.54. The first-order valence-electron chi connectivity index (χ1n) is 7.46. The average molecular weight is 281 g/mol. The molecule has 0 radical (unpaired) electrons. The van der Waals surface area contributed by atoms with Gasteiger partial charge in [0.05, 0.1) is 13.2 Å². The van der Waals surface area contributed by atoms with Crippen molar-refractivity contribution < 1.29 is 14.1 Å². The van der Waals surface area contributed by atoms with Crippen LogP contribution in [0.1, 0.15) is 51.2 Å². The number of hydrogen-bond donors (Lipinski definition) is 0. The molecule has 2 heterocycles. The van der Waals surface area contributed by atoms with E-state index in [0.717, 1.165) is 38.6 Å². The van der Waals surface area contributed by atoms with Crippen LogP contribution in [0.15, 0.2) is 4.52 Å². The van der Waals surface area contributed by atoms with E-state index in [9.17, 15) is 4.79 Å². The van der Waals surface area contributed by atoms with Gasteiger partial charge in [0.2, 0.25) is 5.89 Å². The number of aromatic nitrogens is 2. The second-order valence-corrected chi connectivity index (χ2v) is 5.09. The maximum Gasteiger partial charge on any atom is 0.323 e. The van der Waals surface area contributed by atoms with Crippen LogP contribution in [-0.4, -0.2) is 40.2 Å². The smallest absolute Gasteiger partial charge is 0.323 e. The standard InChI is InChI=1S/C14H23N3O3/c1-3-7-13-15-12(16-20-13)10-17-9-6-5-8-11(17)14(18)19-4-2/h11H,3-10H2,1-2H3. The van der Waals surface area contributed by atoms with Gasteiger partial charge < -0.3 is 9.26 Å². The van der Waals surface area contributed by atoms with Crippen molar-refractivity contribution >= 4 is 5.97 Å². The van der Waals surface area contributed by atoms with Crippen molar-refractivity contribution in [3.63, 3.8) is 0 Å². The third-order valence-electron chi connectivity index (χ3n) is 3.49. The van der Waals surface area contributed by atoms with Gasteiger partial charge in [-0.1, -0.05) is 18.5 Å². The van der Waals surface area contributed by atoms with Gasteiger partial charge in [-0.15, -0.1) is 0 Å². The maximum atomic E-state index is 12.0. The molecule has 0 saturated carbocycles. The van der Waals surface area contributed by atoms with Gasteiger partial charge in [-0.2, -0.15) is 4.98 Å². The number of hydrogen-bond acceptors (Lipinski definition) is 6. The fourth-order valence-corrected chi connectivity index (χ4v) is 2.54. The number of likely N-dealkylation sites (tertiary alicyclic amines) is 1. The Hall–Kier alpha value is -1.43. The lowest BCUT2D eigenvalue weighted by Crippen LogP contribution is -2.45. The molecule has 20 heavy (non-hydrogen) atoms. The van der Waals surface area contributed by atoms with Gasteiger partial charge in [-0.05, 0) is 32.7 Å². The minimum atomic E-state index is -0.170. The highest BCUT2D eigenvalue weighted by atomic mass is 16.5. The molecule has 0 N–H and O–H groups in total. The zero-order valence-corrected chi connectivity index (χ0v) is 12.3. The number of piperidine rings is 1. The zero-order valence-electron chi connectivity index (χ0n) is 12.3. The monoisotopic (exact) mass is 281 g/mol. The van der Waals surface area contributed by atoms with Crippen molar-refractivity contribution in [2.75, 3.05) is 13.2 Å². The van der Waals surface area contributed by atoms with Crippen LogP contribution in [0.5, 0.6) is 0 Å². The van der Waals surface area contributed by atoms with Crippen molar-refractivity contribution in [2.45, 2.75) is 58.5 Å². The van der Waals surface area contributed by atoms with E-state index in [1.807, 2.05) is 6.92 Å². The summed E-state index contributed by atoms with van der Waals surface area (Å²) in [6.07, 6.45) is 4.78. The van der Waals surface area contributed by atoms with Crippen molar-refractivity contribution in [3.8, 4) is 0 Å². The molecule has 1 unspecified atom stereocenters. The Balaban J connectivity index is 1.98. The van der Waals surface area contributed by atoms with Crippen molar-refractivity contribution in [1.82, 2.24) is 15.0 Å². The lowest BCUT2D eigenvalue weighted by atomic mass is 10.0. The molecule has 1 aliphatic heterocycles. The summed E-state index contributed by atoms with van der Waals surface area (Å²) < 4.78 is 10.3. The molecular weight excluding hydrogens is 258 g/mol. The van der Waals surface area contributed by atoms with Crippen LogP contribution >= 0.6 is 0 Å². The number of ether oxygens (including phenoxy) is 1. The van der Waals surface area contributed by atoms with E-state index in [2.05, 4.69) is 22.0 Å². The maximum absolute atomic E-state index is 12.0. The quantitative estimate of drug-likeness (QED) is 0.742. The summed E-state index contributed by atoms with van der Waals surface area (Å²) in [6, 6.07) is -0.170. The third kappa shape index (κ3) is 3.79. The highest BCUT2D eigenvalue weighted by Crippen LogP contribution is 2.20. The van der Waals surface area contributed by atoms with E-state index in [0.29, 0.717) is 24.9 Å². The third-order valence-corrected chi connectivity index (χ3v) is 3.49. The summed E-state index contributed by atoms with van der Waals surface area (Å²) >= 11 is 0. The lowest BCUT2D eigenvalue weighted by molar-refractivity contribution is -0.151. The number of carbonyl (C=O) groups is 1. The van der Waals surface area contributed by atoms with Crippen LogP contribution < -0.4 is 0 Å². The van der Waals surface area contributed by atoms with Gasteiger partial charge in [-0.3, -0.25) is 9.69 Å². The van der Waals surface area contributed by atoms with Crippen LogP contribution in [-0.2, 0) is 22.5 Å². The minimum Gasteiger partial charge on any atom is -0.465 e. The number of carbonyl (C=O) groups excluding carboxylic acids is 1. The van der Waals surface area contributed by atoms with Crippen molar-refractivity contribution in [1.29, 1.82) is 0 Å². The predicted molar refractivity (Wildman–Crippen MR) is 73.0 cm³/mol. The first-order valence-corrected chi connectivity index (χ1v) is 7.46. The molecule has 0 bridgehead atoms. The average Bonchev–Trinajstić information content (AvgIpc) is 2.87. The normalized spacial score (nSPS) is 20.0. The van der Waals surface area contributed by atoms with Gasteiger partial charge in [0.1, 0.15) is 6.04 Å². The van der Waals surface area contributed by atoms with Gasteiger partial charge in [0.15, 0.2) is 5.82 Å². The van der Waals surface area contributed by atoms with Gasteiger partial charge in [0, 0.05) is 6.42 Å². The second kappa shape index (κ2) is 7.38. The molecule has 1 aromatic rings. The van der Waals surface area contributed by atoms with E-state index in [1.165, 1.54) is 0 Å². The molecule has 0 amide bonds. The minimum absolute atomic E-state index is 0.135. The molecule has 1 atom stereocenters. The molecule has 6 heteroatoms. The Morgan fingerprint density at radius 2 is 2.30 bits per heavy atom. The highest BCUT2D eigenvalue weighted by Gasteiger charge is 2.30. The lowest BCUT2D eigenvalue weighted by Gasteiger charge is -2.32. The van der Waals surface area contributed by atoms with Crippen LogP contribution in [0.4, 0.5) is 0 Å². The Labute approximate surface area is 119 Å². The summed E-state index contributed by atoms with van der Waals surface area (Å²) in [5.74, 6) is 1.20. The molecule has 0 aliphatic carbocycles. The first kappa shape index (κ1) is 15.0. The van der Waals surface area contributed by atoms with Crippen molar-refractivity contribution in [3.05, 3.63) is 11.7 Å². The number of nitrogens with zero attached hydrogens (tertiary/aromatic N) is 3. The van der Waals surface area contributed by atoms with Crippen LogP contribution in [0.25, 0.3) is 0 Å². The zero-order chi connectivity index (χ0) is 14.4. The van der Waals surface area contributed by atoms with E-state index in [-0.39, 0.29) is 12.0 Å². The molecular formula is C14H23N3O3. The van der Waals surface area contributed by atoms with Crippen LogP contribution in [0, 0.1) is 0 Å². The summed E-state index contributed by atoms with van der Waals surface area (Å²) in [4.78, 5) is 18.4. The molecule has 1 aliphatic rings. The van der Waals surface area contributed by atoms with E-state index in [1.54, 1.807) is 0 Å². The van der Waals surface area contributed by atoms with Crippen molar-refractivity contribution in [2.24, 2.45) is 0 Å². The SMILES string of the molecule is CCCc1nc(CN2CCCCC2C(=O)OCC)no1. The van der Waals surface area contributed by atoms with Crippen LogP contribution in [0.3, 0.4) is 0 Å². The highest BCUT2D eigenvalue weighted by molar-refractivity contribution is 5.75. The number of esters is 1. The van der Waals surface area contributed by atoms with Crippen LogP contribution in [0.2, 0.25) is 0 Å². The van der Waals surface area contributed by atoms with E-state index < -0.39 is 0 Å². The number of rotatable bonds is 6. The first-order chi connectivity index (χ1) is 9.74. The summed E-state index contributed by atoms with van der Waals surface area (Å²) in [6.45, 7) is 5.76. The largest absolute Gasteiger partial charge is 0.465 e. The Morgan fingerprint density at radius 3 is 3.05 bits per heavy atom. The molecule has 0 spiro atoms. The molecule has 2 rings (SSSR count). The molecule has 1 aromatic heterocycles. The van der Waals surface area contributed by atoms with Gasteiger partial charge >= 0.3 is 5.97 Å².